The number of benzene rings is 2. The maximum absolute atomic E-state index is 13.9. The number of fused-ring (bicyclic) bond motifs is 1. The Balaban J connectivity index is 1.56. The Bertz CT molecular complexity index is 1120. The van der Waals surface area contributed by atoms with Crippen molar-refractivity contribution in [3.8, 4) is 0 Å². The first kappa shape index (κ1) is 24.3. The number of aryl methyl sites for hydroxylation is 1. The fourth-order valence-corrected chi connectivity index (χ4v) is 4.71. The summed E-state index contributed by atoms with van der Waals surface area (Å²) in [5, 5.41) is 3.77. The van der Waals surface area contributed by atoms with Gasteiger partial charge < -0.3 is 14.6 Å². The van der Waals surface area contributed by atoms with Gasteiger partial charge in [-0.05, 0) is 36.2 Å². The van der Waals surface area contributed by atoms with Crippen molar-refractivity contribution in [2.75, 3.05) is 39.4 Å². The lowest BCUT2D eigenvalue weighted by Gasteiger charge is -2.26. The van der Waals surface area contributed by atoms with E-state index in [4.69, 9.17) is 4.74 Å². The van der Waals surface area contributed by atoms with E-state index in [2.05, 4.69) is 10.2 Å². The predicted octanol–water partition coefficient (Wildman–Crippen LogP) is 4.56. The van der Waals surface area contributed by atoms with Crippen LogP contribution in [-0.4, -0.2) is 54.8 Å². The van der Waals surface area contributed by atoms with Gasteiger partial charge in [-0.15, -0.1) is 0 Å². The molecule has 34 heavy (non-hydrogen) atoms. The van der Waals surface area contributed by atoms with E-state index in [0.29, 0.717) is 6.54 Å². The minimum Gasteiger partial charge on any atom is -0.379 e. The van der Waals surface area contributed by atoms with Gasteiger partial charge in [0.1, 0.15) is 0 Å². The van der Waals surface area contributed by atoms with E-state index < -0.39 is 17.7 Å². The molecule has 0 aliphatic carbocycles. The first-order valence-electron chi connectivity index (χ1n) is 11.6. The molecule has 8 heteroatoms. The van der Waals surface area contributed by atoms with Gasteiger partial charge in [-0.3, -0.25) is 9.69 Å². The quantitative estimate of drug-likeness (QED) is 0.488. The van der Waals surface area contributed by atoms with Crippen LogP contribution in [0.4, 0.5) is 13.2 Å². The Hall–Kier alpha value is -2.84. The minimum atomic E-state index is -4.51. The molecule has 0 saturated carbocycles. The van der Waals surface area contributed by atoms with Crippen LogP contribution in [0.3, 0.4) is 0 Å². The van der Waals surface area contributed by atoms with Gasteiger partial charge in [0.05, 0.1) is 18.8 Å². The van der Waals surface area contributed by atoms with Gasteiger partial charge in [0.2, 0.25) is 5.91 Å². The molecule has 2 aromatic carbocycles. The van der Waals surface area contributed by atoms with Crippen molar-refractivity contribution in [1.29, 1.82) is 0 Å². The average Bonchev–Trinajstić information content (AvgIpc) is 3.17. The van der Waals surface area contributed by atoms with Crippen LogP contribution in [-0.2, 0) is 22.8 Å². The first-order chi connectivity index (χ1) is 16.3. The number of ether oxygens (including phenoxy) is 1. The Kier molecular flexibility index (Phi) is 7.58. The zero-order chi connectivity index (χ0) is 24.1. The van der Waals surface area contributed by atoms with Crippen LogP contribution in [0.15, 0.2) is 54.7 Å². The molecule has 1 fully saturated rings. The second-order valence-corrected chi connectivity index (χ2v) is 8.71. The van der Waals surface area contributed by atoms with Crippen molar-refractivity contribution in [2.24, 2.45) is 7.05 Å². The third-order valence-electron chi connectivity index (χ3n) is 6.41. The summed E-state index contributed by atoms with van der Waals surface area (Å²) >= 11 is 0. The number of morpholine rings is 1. The number of amides is 1. The molecule has 4 rings (SSSR count). The highest BCUT2D eigenvalue weighted by molar-refractivity contribution is 5.86. The molecule has 1 aromatic heterocycles. The molecule has 1 saturated heterocycles. The number of carbonyl (C=O) groups is 1. The molecule has 1 N–H and O–H groups in total. The van der Waals surface area contributed by atoms with Gasteiger partial charge >= 0.3 is 6.18 Å². The number of nitrogens with one attached hydrogen (secondary N) is 1. The van der Waals surface area contributed by atoms with Crippen LogP contribution in [0.5, 0.6) is 0 Å². The maximum Gasteiger partial charge on any atom is 0.416 e. The molecule has 0 spiro atoms. The van der Waals surface area contributed by atoms with E-state index >= 15 is 0 Å². The van der Waals surface area contributed by atoms with Crippen LogP contribution in [0.1, 0.15) is 35.4 Å². The second-order valence-electron chi connectivity index (χ2n) is 8.71. The summed E-state index contributed by atoms with van der Waals surface area (Å²) in [4.78, 5) is 15.2. The topological polar surface area (TPSA) is 46.5 Å². The number of para-hydroxylation sites is 1. The van der Waals surface area contributed by atoms with E-state index in [1.807, 2.05) is 42.1 Å². The smallest absolute Gasteiger partial charge is 0.379 e. The Morgan fingerprint density at radius 1 is 1.06 bits per heavy atom. The molecule has 1 amide bonds. The summed E-state index contributed by atoms with van der Waals surface area (Å²) in [5.41, 5.74) is 1.05. The van der Waals surface area contributed by atoms with Gasteiger partial charge in [0, 0.05) is 56.1 Å². The highest BCUT2D eigenvalue weighted by Gasteiger charge is 2.36. The maximum atomic E-state index is 13.9. The molecule has 0 radical (unpaired) electrons. The zero-order valence-electron chi connectivity index (χ0n) is 19.3. The van der Waals surface area contributed by atoms with Crippen LogP contribution in [0.25, 0.3) is 10.9 Å². The van der Waals surface area contributed by atoms with E-state index in [9.17, 15) is 18.0 Å². The normalized spacial score (nSPS) is 16.0. The molecule has 1 atom stereocenters. The van der Waals surface area contributed by atoms with Gasteiger partial charge in [-0.2, -0.15) is 13.2 Å². The van der Waals surface area contributed by atoms with E-state index in [-0.39, 0.29) is 17.9 Å². The third-order valence-corrected chi connectivity index (χ3v) is 6.41. The number of hydrogen-bond donors (Lipinski definition) is 1. The van der Waals surface area contributed by atoms with Gasteiger partial charge in [0.15, 0.2) is 0 Å². The van der Waals surface area contributed by atoms with Gasteiger partial charge in [-0.25, -0.2) is 0 Å². The Morgan fingerprint density at radius 3 is 2.53 bits per heavy atom. The van der Waals surface area contributed by atoms with E-state index in [1.54, 1.807) is 6.07 Å². The summed E-state index contributed by atoms with van der Waals surface area (Å²) in [6.07, 6.45) is -1.94. The van der Waals surface area contributed by atoms with Crippen molar-refractivity contribution in [3.63, 3.8) is 0 Å². The molecule has 182 valence electrons. The molecule has 1 aliphatic rings. The number of rotatable bonds is 8. The molecule has 3 aromatic rings. The summed E-state index contributed by atoms with van der Waals surface area (Å²) in [6, 6.07) is 13.2. The van der Waals surface area contributed by atoms with E-state index in [1.165, 1.54) is 12.1 Å². The number of nitrogens with zero attached hydrogens (tertiary/aromatic N) is 2. The fourth-order valence-electron chi connectivity index (χ4n) is 4.71. The molecule has 1 unspecified atom stereocenters. The molecule has 0 bridgehead atoms. The van der Waals surface area contributed by atoms with Crippen molar-refractivity contribution in [2.45, 2.75) is 24.9 Å². The Morgan fingerprint density at radius 2 is 1.76 bits per heavy atom. The van der Waals surface area contributed by atoms with Crippen LogP contribution < -0.4 is 5.32 Å². The van der Waals surface area contributed by atoms with Gasteiger partial charge in [-0.1, -0.05) is 36.4 Å². The van der Waals surface area contributed by atoms with Crippen LogP contribution in [0.2, 0.25) is 0 Å². The number of carbonyl (C=O) groups excluding carboxylic acids is 1. The first-order valence-corrected chi connectivity index (χ1v) is 11.6. The molecular weight excluding hydrogens is 443 g/mol. The summed E-state index contributed by atoms with van der Waals surface area (Å²) in [6.45, 7) is 4.54. The lowest BCUT2D eigenvalue weighted by atomic mass is 9.85. The minimum absolute atomic E-state index is 0.0569. The number of hydrogen-bond acceptors (Lipinski definition) is 3. The van der Waals surface area contributed by atoms with Crippen molar-refractivity contribution in [3.05, 3.63) is 71.4 Å². The van der Waals surface area contributed by atoms with Crippen LogP contribution in [0, 0.1) is 0 Å². The van der Waals surface area contributed by atoms with Gasteiger partial charge in [0.25, 0.3) is 0 Å². The molecule has 5 nitrogen and oxygen atoms in total. The highest BCUT2D eigenvalue weighted by Crippen LogP contribution is 2.41. The zero-order valence-corrected chi connectivity index (χ0v) is 19.3. The van der Waals surface area contributed by atoms with Crippen molar-refractivity contribution >= 4 is 16.8 Å². The predicted molar refractivity (Wildman–Crippen MR) is 126 cm³/mol. The Labute approximate surface area is 197 Å². The monoisotopic (exact) mass is 473 g/mol. The standard InChI is InChI=1S/C26H30F3N3O2/c1-31-18-22(20-8-3-5-10-24(20)31)21(19-7-2-4-9-23(19)26(27,28)29)17-25(33)30-11-6-12-32-13-15-34-16-14-32/h2-5,7-10,18,21H,6,11-17H2,1H3,(H,30,33). The number of halogens is 3. The lowest BCUT2D eigenvalue weighted by molar-refractivity contribution is -0.138. The molecular formula is C26H30F3N3O2. The largest absolute Gasteiger partial charge is 0.416 e. The second kappa shape index (κ2) is 10.6. The van der Waals surface area contributed by atoms with Crippen molar-refractivity contribution in [1.82, 2.24) is 14.8 Å². The summed E-state index contributed by atoms with van der Waals surface area (Å²) in [5.74, 6) is -0.972. The average molecular weight is 474 g/mol. The molecule has 1 aliphatic heterocycles. The molecule has 2 heterocycles. The SMILES string of the molecule is Cn1cc(C(CC(=O)NCCCN2CCOCC2)c2ccccc2C(F)(F)F)c2ccccc21. The van der Waals surface area contributed by atoms with Crippen molar-refractivity contribution < 1.29 is 22.7 Å². The fraction of sp³-hybridized carbons (Fsp3) is 0.423. The summed E-state index contributed by atoms with van der Waals surface area (Å²) < 4.78 is 48.9. The third kappa shape index (κ3) is 5.62. The highest BCUT2D eigenvalue weighted by atomic mass is 19.4. The summed E-state index contributed by atoms with van der Waals surface area (Å²) in [7, 11) is 1.87. The van der Waals surface area contributed by atoms with E-state index in [0.717, 1.165) is 61.8 Å². The number of aromatic nitrogens is 1. The van der Waals surface area contributed by atoms with Crippen LogP contribution >= 0.6 is 0 Å². The lowest BCUT2D eigenvalue weighted by Crippen LogP contribution is -2.38. The number of alkyl halides is 3.